The summed E-state index contributed by atoms with van der Waals surface area (Å²) in [5, 5.41) is 22.0. The molecule has 0 saturated carbocycles. The van der Waals surface area contributed by atoms with Gasteiger partial charge in [-0.15, -0.1) is 0 Å². The first kappa shape index (κ1) is 25.2. The maximum Gasteiger partial charge on any atom is 0.259 e. The van der Waals surface area contributed by atoms with Crippen LogP contribution in [-0.4, -0.2) is 55.6 Å². The lowest BCUT2D eigenvalue weighted by atomic mass is 10.1. The maximum atomic E-state index is 13.1. The minimum absolute atomic E-state index is 0.0196. The Morgan fingerprint density at radius 2 is 1.79 bits per heavy atom. The van der Waals surface area contributed by atoms with Crippen LogP contribution >= 0.6 is 11.3 Å². The number of benzene rings is 2. The molecule has 33 heavy (non-hydrogen) atoms. The van der Waals surface area contributed by atoms with Crippen LogP contribution in [0, 0.1) is 0 Å². The van der Waals surface area contributed by atoms with Crippen molar-refractivity contribution in [3.05, 3.63) is 53.1 Å². The Morgan fingerprint density at radius 1 is 1.12 bits per heavy atom. The molecule has 0 bridgehead atoms. The first-order valence-corrected chi connectivity index (χ1v) is 12.7. The summed E-state index contributed by atoms with van der Waals surface area (Å²) in [6, 6.07) is 9.43. The Kier molecular flexibility index (Phi) is 8.51. The largest absolute Gasteiger partial charge is 0.392 e. The number of rotatable bonds is 11. The number of ether oxygens (including phenoxy) is 2. The lowest BCUT2D eigenvalue weighted by Crippen LogP contribution is -2.24. The van der Waals surface area contributed by atoms with Crippen molar-refractivity contribution in [2.45, 2.75) is 31.1 Å². The van der Waals surface area contributed by atoms with E-state index in [1.165, 1.54) is 30.6 Å². The van der Waals surface area contributed by atoms with Crippen LogP contribution in [0.15, 0.2) is 41.3 Å². The molecule has 0 aliphatic heterocycles. The van der Waals surface area contributed by atoms with Crippen molar-refractivity contribution < 1.29 is 32.9 Å². The molecule has 1 aromatic heterocycles. The van der Waals surface area contributed by atoms with Crippen LogP contribution in [0.5, 0.6) is 0 Å². The van der Waals surface area contributed by atoms with Gasteiger partial charge in [0, 0.05) is 7.11 Å². The van der Waals surface area contributed by atoms with Gasteiger partial charge >= 0.3 is 0 Å². The molecule has 1 atom stereocenters. The number of aromatic nitrogens is 1. The Morgan fingerprint density at radius 3 is 2.39 bits per heavy atom. The van der Waals surface area contributed by atoms with Crippen molar-refractivity contribution >= 4 is 42.4 Å². The number of anilines is 1. The van der Waals surface area contributed by atoms with E-state index in [0.29, 0.717) is 27.3 Å². The summed E-state index contributed by atoms with van der Waals surface area (Å²) in [6.07, 6.45) is -1.01. The van der Waals surface area contributed by atoms with Crippen molar-refractivity contribution in [2.75, 3.05) is 31.4 Å². The van der Waals surface area contributed by atoms with E-state index in [9.17, 15) is 23.4 Å². The second-order valence-electron chi connectivity index (χ2n) is 7.13. The molecule has 1 heterocycles. The summed E-state index contributed by atoms with van der Waals surface area (Å²) in [5.41, 5.74) is 2.23. The van der Waals surface area contributed by atoms with Gasteiger partial charge in [0.15, 0.2) is 21.1 Å². The first-order valence-electron chi connectivity index (χ1n) is 10.2. The number of aliphatic hydroxyl groups is 2. The summed E-state index contributed by atoms with van der Waals surface area (Å²) in [4.78, 5) is 17.6. The van der Waals surface area contributed by atoms with E-state index in [1.807, 2.05) is 0 Å². The average molecular weight is 495 g/mol. The number of nitrogens with zero attached hydrogens (tertiary/aromatic N) is 1. The molecular formula is C22H26N2O7S2. The zero-order chi connectivity index (χ0) is 24.0. The quantitative estimate of drug-likeness (QED) is 0.346. The van der Waals surface area contributed by atoms with Gasteiger partial charge in [-0.05, 0) is 41.0 Å². The van der Waals surface area contributed by atoms with Crippen LogP contribution in [0.4, 0.5) is 5.13 Å². The van der Waals surface area contributed by atoms with E-state index in [2.05, 4.69) is 10.3 Å². The number of hydrogen-bond donors (Lipinski definition) is 3. The van der Waals surface area contributed by atoms with Crippen LogP contribution in [-0.2, 0) is 37.3 Å². The number of sulfone groups is 1. The first-order chi connectivity index (χ1) is 15.8. The van der Waals surface area contributed by atoms with Crippen molar-refractivity contribution in [1.29, 1.82) is 0 Å². The van der Waals surface area contributed by atoms with Crippen LogP contribution in [0.2, 0.25) is 0 Å². The molecule has 0 aliphatic carbocycles. The number of carbonyl (C=O) groups excluding carboxylic acids is 1. The van der Waals surface area contributed by atoms with Gasteiger partial charge < -0.3 is 19.7 Å². The topological polar surface area (TPSA) is 135 Å². The lowest BCUT2D eigenvalue weighted by Gasteiger charge is -2.17. The predicted octanol–water partition coefficient (Wildman–Crippen LogP) is 2.42. The van der Waals surface area contributed by atoms with Crippen molar-refractivity contribution in [2.24, 2.45) is 0 Å². The monoisotopic (exact) mass is 494 g/mol. The fraction of sp³-hybridized carbons (Fsp3) is 0.364. The van der Waals surface area contributed by atoms with E-state index < -0.39 is 21.8 Å². The fourth-order valence-electron chi connectivity index (χ4n) is 3.17. The van der Waals surface area contributed by atoms with E-state index in [4.69, 9.17) is 9.47 Å². The molecule has 2 aromatic carbocycles. The molecule has 0 aliphatic rings. The van der Waals surface area contributed by atoms with Gasteiger partial charge in [-0.3, -0.25) is 10.1 Å². The van der Waals surface area contributed by atoms with E-state index in [0.717, 1.165) is 4.70 Å². The van der Waals surface area contributed by atoms with E-state index in [-0.39, 0.29) is 37.1 Å². The molecule has 0 radical (unpaired) electrons. The third-order valence-electron chi connectivity index (χ3n) is 5.01. The number of fused-ring (bicyclic) bond motifs is 1. The molecule has 9 nitrogen and oxygen atoms in total. The number of hydrogen-bond acceptors (Lipinski definition) is 9. The molecule has 1 unspecified atom stereocenters. The molecule has 3 N–H and O–H groups in total. The number of amides is 1. The summed E-state index contributed by atoms with van der Waals surface area (Å²) in [5.74, 6) is -0.491. The zero-order valence-electron chi connectivity index (χ0n) is 18.3. The molecule has 1 amide bonds. The second-order valence-corrected chi connectivity index (χ2v) is 10.4. The Labute approximate surface area is 195 Å². The maximum absolute atomic E-state index is 13.1. The Hall–Kier alpha value is -2.41. The van der Waals surface area contributed by atoms with Crippen molar-refractivity contribution in [3.63, 3.8) is 0 Å². The van der Waals surface area contributed by atoms with E-state index in [1.54, 1.807) is 31.2 Å². The van der Waals surface area contributed by atoms with Gasteiger partial charge in [0.1, 0.15) is 0 Å². The third-order valence-corrected chi connectivity index (χ3v) is 7.70. The Bertz CT molecular complexity index is 1170. The van der Waals surface area contributed by atoms with Gasteiger partial charge in [0.25, 0.3) is 5.91 Å². The lowest BCUT2D eigenvalue weighted by molar-refractivity contribution is -0.128. The smallest absolute Gasteiger partial charge is 0.259 e. The Balaban J connectivity index is 1.86. The zero-order valence-corrected chi connectivity index (χ0v) is 19.9. The second kappa shape index (κ2) is 11.1. The minimum Gasteiger partial charge on any atom is -0.392 e. The number of carbonyl (C=O) groups is 1. The number of aliphatic hydroxyl groups excluding tert-OH is 2. The molecule has 0 saturated heterocycles. The summed E-state index contributed by atoms with van der Waals surface area (Å²) in [7, 11) is -1.84. The normalized spacial score (nSPS) is 12.7. The van der Waals surface area contributed by atoms with Crippen LogP contribution in [0.1, 0.15) is 29.7 Å². The van der Waals surface area contributed by atoms with Crippen LogP contribution in [0.3, 0.4) is 0 Å². The highest BCUT2D eigenvalue weighted by Crippen LogP contribution is 2.30. The summed E-state index contributed by atoms with van der Waals surface area (Å²) < 4.78 is 35.6. The van der Waals surface area contributed by atoms with Gasteiger partial charge in [-0.1, -0.05) is 30.4 Å². The predicted molar refractivity (Wildman–Crippen MR) is 125 cm³/mol. The highest BCUT2D eigenvalue weighted by molar-refractivity contribution is 7.91. The highest BCUT2D eigenvalue weighted by Gasteiger charge is 2.24. The number of methoxy groups -OCH3 is 1. The molecule has 178 valence electrons. The van der Waals surface area contributed by atoms with Crippen molar-refractivity contribution in [1.82, 2.24) is 4.98 Å². The molecule has 3 aromatic rings. The molecule has 3 rings (SSSR count). The minimum atomic E-state index is -3.36. The molecule has 11 heteroatoms. The number of nitrogens with one attached hydrogen (secondary N) is 1. The van der Waals surface area contributed by atoms with Crippen LogP contribution in [0.25, 0.3) is 10.2 Å². The molecule has 0 fully saturated rings. The van der Waals surface area contributed by atoms with E-state index >= 15 is 0 Å². The summed E-state index contributed by atoms with van der Waals surface area (Å²) >= 11 is 1.23. The van der Waals surface area contributed by atoms with Crippen molar-refractivity contribution in [3.8, 4) is 0 Å². The van der Waals surface area contributed by atoms with Gasteiger partial charge in [-0.25, -0.2) is 13.4 Å². The number of thiazole rings is 1. The van der Waals surface area contributed by atoms with Gasteiger partial charge in [0.2, 0.25) is 0 Å². The fourth-order valence-corrected chi connectivity index (χ4v) is 4.97. The SMILES string of the molecule is CCS(=O)(=O)c1ccc(C(OCCOC)C(=O)Nc2nc3cc(CO)c(CO)cc3s2)cc1. The summed E-state index contributed by atoms with van der Waals surface area (Å²) in [6.45, 7) is 1.55. The standard InChI is InChI=1S/C22H26N2O7S2/c1-3-33(28,29)17-6-4-14(5-7-17)20(31-9-8-30-2)21(27)24-22-23-18-10-15(12-25)16(13-26)11-19(18)32-22/h4-7,10-11,20,25-26H,3,8-9,12-13H2,1-2H3,(H,23,24,27). The van der Waals surface area contributed by atoms with Gasteiger partial charge in [0.05, 0.1) is 47.3 Å². The van der Waals surface area contributed by atoms with Crippen LogP contribution < -0.4 is 5.32 Å². The third kappa shape index (κ3) is 5.94. The average Bonchev–Trinajstić information content (AvgIpc) is 3.21. The molecule has 0 spiro atoms. The highest BCUT2D eigenvalue weighted by atomic mass is 32.2. The van der Waals surface area contributed by atoms with Gasteiger partial charge in [-0.2, -0.15) is 0 Å². The molecular weight excluding hydrogens is 468 g/mol.